The number of anilines is 1. The molecule has 0 atom stereocenters. The van der Waals surface area contributed by atoms with Crippen molar-refractivity contribution in [3.05, 3.63) is 77.9 Å². The number of halogens is 2. The van der Waals surface area contributed by atoms with Gasteiger partial charge in [0.2, 0.25) is 5.75 Å². The molecule has 1 heterocycles. The van der Waals surface area contributed by atoms with Gasteiger partial charge >= 0.3 is 0 Å². The third-order valence-corrected chi connectivity index (χ3v) is 5.10. The molecule has 0 radical (unpaired) electrons. The highest BCUT2D eigenvalue weighted by Crippen LogP contribution is 2.41. The topological polar surface area (TPSA) is 69.7 Å². The molecule has 168 valence electrons. The van der Waals surface area contributed by atoms with Crippen LogP contribution in [0.25, 0.3) is 22.2 Å². The Morgan fingerprint density at radius 2 is 1.58 bits per heavy atom. The molecular formula is C25H20F2N2O4. The Bertz CT molecular complexity index is 1330. The highest BCUT2D eigenvalue weighted by atomic mass is 19.1. The van der Waals surface area contributed by atoms with Gasteiger partial charge in [-0.05, 0) is 36.4 Å². The number of fused-ring (bicyclic) bond motifs is 1. The number of para-hydroxylation sites is 1. The molecule has 1 amide bonds. The van der Waals surface area contributed by atoms with Crippen LogP contribution in [0.1, 0.15) is 10.4 Å². The van der Waals surface area contributed by atoms with Gasteiger partial charge in [-0.15, -0.1) is 0 Å². The number of nitrogens with zero attached hydrogens (tertiary/aromatic N) is 1. The van der Waals surface area contributed by atoms with E-state index in [-0.39, 0.29) is 11.3 Å². The number of rotatable bonds is 6. The summed E-state index contributed by atoms with van der Waals surface area (Å²) in [7, 11) is 4.50. The predicted molar refractivity (Wildman–Crippen MR) is 121 cm³/mol. The fourth-order valence-electron chi connectivity index (χ4n) is 3.52. The Kier molecular flexibility index (Phi) is 6.08. The second kappa shape index (κ2) is 9.12. The van der Waals surface area contributed by atoms with Crippen molar-refractivity contribution in [2.75, 3.05) is 26.6 Å². The Labute approximate surface area is 188 Å². The third kappa shape index (κ3) is 4.27. The van der Waals surface area contributed by atoms with E-state index in [2.05, 4.69) is 10.3 Å². The predicted octanol–water partition coefficient (Wildman–Crippen LogP) is 5.46. The summed E-state index contributed by atoms with van der Waals surface area (Å²) in [6.45, 7) is 0. The summed E-state index contributed by atoms with van der Waals surface area (Å²) >= 11 is 0. The Morgan fingerprint density at radius 1 is 0.879 bits per heavy atom. The lowest BCUT2D eigenvalue weighted by atomic mass is 10.0. The van der Waals surface area contributed by atoms with E-state index in [1.165, 1.54) is 21.3 Å². The van der Waals surface area contributed by atoms with Crippen LogP contribution in [-0.2, 0) is 0 Å². The zero-order valence-corrected chi connectivity index (χ0v) is 18.1. The summed E-state index contributed by atoms with van der Waals surface area (Å²) in [5.41, 5.74) is 1.61. The molecular weight excluding hydrogens is 430 g/mol. The highest BCUT2D eigenvalue weighted by Gasteiger charge is 2.19. The number of hydrogen-bond donors (Lipinski definition) is 1. The van der Waals surface area contributed by atoms with E-state index in [1.54, 1.807) is 42.5 Å². The molecule has 0 bridgehead atoms. The van der Waals surface area contributed by atoms with Crippen LogP contribution in [0.15, 0.2) is 60.7 Å². The fraction of sp³-hybridized carbons (Fsp3) is 0.120. The minimum Gasteiger partial charge on any atom is -0.493 e. The second-order valence-corrected chi connectivity index (χ2v) is 7.06. The van der Waals surface area contributed by atoms with E-state index in [0.717, 1.165) is 18.2 Å². The zero-order chi connectivity index (χ0) is 23.5. The summed E-state index contributed by atoms with van der Waals surface area (Å²) in [6, 6.07) is 14.9. The average Bonchev–Trinajstić information content (AvgIpc) is 2.84. The summed E-state index contributed by atoms with van der Waals surface area (Å²) in [6.07, 6.45) is 0. The van der Waals surface area contributed by atoms with Crippen LogP contribution in [0.4, 0.5) is 14.5 Å². The van der Waals surface area contributed by atoms with Gasteiger partial charge in [0.1, 0.15) is 11.6 Å². The summed E-state index contributed by atoms with van der Waals surface area (Å²) in [5, 5.41) is 3.01. The van der Waals surface area contributed by atoms with Gasteiger partial charge in [0.15, 0.2) is 11.5 Å². The maximum atomic E-state index is 14.1. The van der Waals surface area contributed by atoms with Crippen LogP contribution >= 0.6 is 0 Å². The first-order valence-corrected chi connectivity index (χ1v) is 9.91. The number of pyridine rings is 1. The molecule has 6 nitrogen and oxygen atoms in total. The number of aromatic nitrogens is 1. The van der Waals surface area contributed by atoms with Gasteiger partial charge in [-0.25, -0.2) is 13.8 Å². The molecule has 4 aromatic rings. The lowest BCUT2D eigenvalue weighted by Gasteiger charge is -2.15. The molecule has 1 N–H and O–H groups in total. The lowest BCUT2D eigenvalue weighted by molar-refractivity contribution is 0.102. The normalized spacial score (nSPS) is 10.7. The number of amides is 1. The Hall–Kier alpha value is -4.20. The first kappa shape index (κ1) is 22.0. The van der Waals surface area contributed by atoms with E-state index in [0.29, 0.717) is 39.4 Å². The summed E-state index contributed by atoms with van der Waals surface area (Å²) in [4.78, 5) is 17.8. The van der Waals surface area contributed by atoms with Crippen LogP contribution in [0, 0.1) is 11.6 Å². The van der Waals surface area contributed by atoms with Crippen molar-refractivity contribution >= 4 is 22.5 Å². The van der Waals surface area contributed by atoms with Gasteiger partial charge in [0.05, 0.1) is 43.8 Å². The molecule has 8 heteroatoms. The van der Waals surface area contributed by atoms with Crippen molar-refractivity contribution in [1.82, 2.24) is 4.98 Å². The molecule has 0 aliphatic heterocycles. The van der Waals surface area contributed by atoms with E-state index in [1.807, 2.05) is 0 Å². The molecule has 0 aliphatic carbocycles. The number of carbonyl (C=O) groups is 1. The van der Waals surface area contributed by atoms with Gasteiger partial charge in [0.25, 0.3) is 5.91 Å². The largest absolute Gasteiger partial charge is 0.493 e. The minimum absolute atomic E-state index is 0.244. The maximum absolute atomic E-state index is 14.1. The average molecular weight is 450 g/mol. The lowest BCUT2D eigenvalue weighted by Crippen LogP contribution is -2.14. The second-order valence-electron chi connectivity index (χ2n) is 7.06. The van der Waals surface area contributed by atoms with Gasteiger partial charge in [0, 0.05) is 17.0 Å². The number of benzene rings is 3. The quantitative estimate of drug-likeness (QED) is 0.423. The van der Waals surface area contributed by atoms with E-state index in [4.69, 9.17) is 14.2 Å². The molecule has 0 saturated heterocycles. The van der Waals surface area contributed by atoms with Gasteiger partial charge in [-0.3, -0.25) is 4.79 Å². The number of carbonyl (C=O) groups excluding carboxylic acids is 1. The maximum Gasteiger partial charge on any atom is 0.256 e. The molecule has 0 fully saturated rings. The van der Waals surface area contributed by atoms with Crippen molar-refractivity contribution in [3.8, 4) is 28.5 Å². The van der Waals surface area contributed by atoms with E-state index in [9.17, 15) is 13.6 Å². The molecule has 1 aromatic heterocycles. The zero-order valence-electron chi connectivity index (χ0n) is 18.1. The van der Waals surface area contributed by atoms with Crippen molar-refractivity contribution < 1.29 is 27.8 Å². The van der Waals surface area contributed by atoms with Crippen molar-refractivity contribution in [3.63, 3.8) is 0 Å². The minimum atomic E-state index is -0.743. The van der Waals surface area contributed by atoms with Gasteiger partial charge < -0.3 is 19.5 Å². The summed E-state index contributed by atoms with van der Waals surface area (Å²) in [5.74, 6) is -0.738. The summed E-state index contributed by atoms with van der Waals surface area (Å²) < 4.78 is 43.9. The van der Waals surface area contributed by atoms with Crippen LogP contribution in [0.3, 0.4) is 0 Å². The number of methoxy groups -OCH3 is 3. The highest BCUT2D eigenvalue weighted by molar-refractivity contribution is 6.13. The smallest absolute Gasteiger partial charge is 0.256 e. The van der Waals surface area contributed by atoms with Crippen LogP contribution in [0.2, 0.25) is 0 Å². The standard InChI is InChI=1S/C25H20F2N2O4/c1-31-22-10-14(11-23(32-2)24(22)33-3)20-13-17(16-6-4-5-7-19(16)28-20)25(30)29-21-12-15(26)8-9-18(21)27/h4-13H,1-3H3,(H,29,30). The molecule has 0 saturated carbocycles. The molecule has 33 heavy (non-hydrogen) atoms. The first-order valence-electron chi connectivity index (χ1n) is 9.91. The number of hydrogen-bond acceptors (Lipinski definition) is 5. The van der Waals surface area contributed by atoms with E-state index < -0.39 is 17.5 Å². The first-order chi connectivity index (χ1) is 15.9. The van der Waals surface area contributed by atoms with Crippen LogP contribution in [-0.4, -0.2) is 32.2 Å². The van der Waals surface area contributed by atoms with Crippen molar-refractivity contribution in [2.24, 2.45) is 0 Å². The number of ether oxygens (including phenoxy) is 3. The van der Waals surface area contributed by atoms with Gasteiger partial charge in [-0.2, -0.15) is 0 Å². The number of nitrogens with one attached hydrogen (secondary N) is 1. The van der Waals surface area contributed by atoms with Crippen molar-refractivity contribution in [2.45, 2.75) is 0 Å². The molecule has 3 aromatic carbocycles. The molecule has 0 unspecified atom stereocenters. The molecule has 4 rings (SSSR count). The fourth-order valence-corrected chi connectivity index (χ4v) is 3.52. The monoisotopic (exact) mass is 450 g/mol. The molecule has 0 spiro atoms. The van der Waals surface area contributed by atoms with Gasteiger partial charge in [-0.1, -0.05) is 18.2 Å². The SMILES string of the molecule is COc1cc(-c2cc(C(=O)Nc3cc(F)ccc3F)c3ccccc3n2)cc(OC)c1OC. The molecule has 0 aliphatic rings. The van der Waals surface area contributed by atoms with E-state index >= 15 is 0 Å². The Balaban J connectivity index is 1.86. The van der Waals surface area contributed by atoms with Crippen LogP contribution in [0.5, 0.6) is 17.2 Å². The van der Waals surface area contributed by atoms with Crippen LogP contribution < -0.4 is 19.5 Å². The Morgan fingerprint density at radius 3 is 2.24 bits per heavy atom. The van der Waals surface area contributed by atoms with Crippen molar-refractivity contribution in [1.29, 1.82) is 0 Å². The third-order valence-electron chi connectivity index (χ3n) is 5.10.